The van der Waals surface area contributed by atoms with Crippen molar-refractivity contribution < 1.29 is 9.21 Å². The highest BCUT2D eigenvalue weighted by Gasteiger charge is 2.22. The molecule has 0 saturated carbocycles. The predicted octanol–water partition coefficient (Wildman–Crippen LogP) is 2.45. The third-order valence-corrected chi connectivity index (χ3v) is 3.65. The zero-order chi connectivity index (χ0) is 13.2. The van der Waals surface area contributed by atoms with Crippen LogP contribution in [0.25, 0.3) is 11.0 Å². The van der Waals surface area contributed by atoms with E-state index in [2.05, 4.69) is 0 Å². The van der Waals surface area contributed by atoms with E-state index in [9.17, 15) is 4.79 Å². The molecule has 1 aliphatic heterocycles. The van der Waals surface area contributed by atoms with Crippen LogP contribution < -0.4 is 5.73 Å². The number of hydrogen-bond donors (Lipinski definition) is 1. The average molecular weight is 258 g/mol. The van der Waals surface area contributed by atoms with E-state index < -0.39 is 0 Å². The number of piperidine rings is 1. The van der Waals surface area contributed by atoms with Crippen molar-refractivity contribution >= 4 is 16.9 Å². The first-order valence-electron chi connectivity index (χ1n) is 6.76. The number of nitrogens with zero attached hydrogens (tertiary/aromatic N) is 1. The second-order valence-electron chi connectivity index (χ2n) is 5.09. The molecule has 1 atom stereocenters. The molecule has 0 spiro atoms. The van der Waals surface area contributed by atoms with Crippen LogP contribution in [0.3, 0.4) is 0 Å². The first kappa shape index (κ1) is 12.2. The van der Waals surface area contributed by atoms with Gasteiger partial charge in [-0.05, 0) is 25.0 Å². The van der Waals surface area contributed by atoms with Gasteiger partial charge in [-0.15, -0.1) is 0 Å². The van der Waals surface area contributed by atoms with Crippen LogP contribution in [-0.4, -0.2) is 23.9 Å². The van der Waals surface area contributed by atoms with E-state index in [4.69, 9.17) is 10.2 Å². The summed E-state index contributed by atoms with van der Waals surface area (Å²) in [6.07, 6.45) is 2.71. The van der Waals surface area contributed by atoms with Gasteiger partial charge in [-0.25, -0.2) is 0 Å². The third-order valence-electron chi connectivity index (χ3n) is 3.65. The van der Waals surface area contributed by atoms with Gasteiger partial charge in [-0.1, -0.05) is 18.2 Å². The minimum atomic E-state index is -0.255. The molecule has 1 fully saturated rings. The molecular formula is C15H18N2O2. The van der Waals surface area contributed by atoms with Gasteiger partial charge in [0.05, 0.1) is 6.04 Å². The van der Waals surface area contributed by atoms with Crippen molar-refractivity contribution in [3.63, 3.8) is 0 Å². The predicted molar refractivity (Wildman–Crippen MR) is 73.6 cm³/mol. The molecule has 2 aromatic rings. The number of fused-ring (bicyclic) bond motifs is 1. The number of rotatable bonds is 3. The molecule has 0 bridgehead atoms. The number of para-hydroxylation sites is 1. The molecule has 1 amide bonds. The topological polar surface area (TPSA) is 59.5 Å². The molecule has 1 saturated heterocycles. The Hall–Kier alpha value is -1.81. The summed E-state index contributed by atoms with van der Waals surface area (Å²) in [5, 5.41) is 1.05. The van der Waals surface area contributed by atoms with Gasteiger partial charge in [0.25, 0.3) is 0 Å². The maximum absolute atomic E-state index is 11.8. The maximum atomic E-state index is 11.8. The molecule has 2 heterocycles. The summed E-state index contributed by atoms with van der Waals surface area (Å²) >= 11 is 0. The third kappa shape index (κ3) is 2.49. The number of likely N-dealkylation sites (tertiary alicyclic amines) is 1. The van der Waals surface area contributed by atoms with Gasteiger partial charge in [0.15, 0.2) is 0 Å². The fourth-order valence-electron chi connectivity index (χ4n) is 2.57. The molecular weight excluding hydrogens is 240 g/mol. The molecule has 19 heavy (non-hydrogen) atoms. The van der Waals surface area contributed by atoms with Crippen molar-refractivity contribution in [1.82, 2.24) is 4.90 Å². The smallest absolute Gasteiger partial charge is 0.222 e. The number of benzene rings is 1. The van der Waals surface area contributed by atoms with Gasteiger partial charge >= 0.3 is 0 Å². The standard InChI is InChI=1S/C15H18N2O2/c16-12(10-17-8-4-3-7-15(17)18)14-9-11-5-1-2-6-13(11)19-14/h1-2,5-6,9,12H,3-4,7-8,10,16H2. The van der Waals surface area contributed by atoms with Crippen molar-refractivity contribution in [2.24, 2.45) is 5.73 Å². The molecule has 1 aromatic heterocycles. The number of amides is 1. The molecule has 3 rings (SSSR count). The minimum absolute atomic E-state index is 0.206. The van der Waals surface area contributed by atoms with Crippen LogP contribution in [0.1, 0.15) is 31.1 Å². The van der Waals surface area contributed by atoms with Crippen LogP contribution >= 0.6 is 0 Å². The lowest BCUT2D eigenvalue weighted by Crippen LogP contribution is -2.40. The number of nitrogens with two attached hydrogens (primary N) is 1. The lowest BCUT2D eigenvalue weighted by atomic mass is 10.1. The van der Waals surface area contributed by atoms with Crippen LogP contribution in [0.2, 0.25) is 0 Å². The second-order valence-corrected chi connectivity index (χ2v) is 5.09. The number of furan rings is 1. The van der Waals surface area contributed by atoms with Gasteiger partial charge < -0.3 is 15.1 Å². The van der Waals surface area contributed by atoms with E-state index in [0.717, 1.165) is 36.1 Å². The van der Waals surface area contributed by atoms with Crippen molar-refractivity contribution in [1.29, 1.82) is 0 Å². The fraction of sp³-hybridized carbons (Fsp3) is 0.400. The van der Waals surface area contributed by atoms with E-state index in [1.54, 1.807) is 0 Å². The van der Waals surface area contributed by atoms with Crippen LogP contribution in [0, 0.1) is 0 Å². The van der Waals surface area contributed by atoms with E-state index in [1.807, 2.05) is 35.2 Å². The Balaban J connectivity index is 1.75. The minimum Gasteiger partial charge on any atom is -0.459 e. The zero-order valence-electron chi connectivity index (χ0n) is 10.8. The van der Waals surface area contributed by atoms with Crippen molar-refractivity contribution in [2.45, 2.75) is 25.3 Å². The Kier molecular flexibility index (Phi) is 3.25. The van der Waals surface area contributed by atoms with Gasteiger partial charge in [0, 0.05) is 24.9 Å². The van der Waals surface area contributed by atoms with E-state index in [1.165, 1.54) is 0 Å². The summed E-state index contributed by atoms with van der Waals surface area (Å²) in [5.41, 5.74) is 7.01. The van der Waals surface area contributed by atoms with Crippen LogP contribution in [0.4, 0.5) is 0 Å². The van der Waals surface area contributed by atoms with E-state index >= 15 is 0 Å². The van der Waals surface area contributed by atoms with Gasteiger partial charge in [0.2, 0.25) is 5.91 Å². The number of hydrogen-bond acceptors (Lipinski definition) is 3. The second kappa shape index (κ2) is 5.05. The van der Waals surface area contributed by atoms with Gasteiger partial charge in [-0.3, -0.25) is 4.79 Å². The molecule has 4 nitrogen and oxygen atoms in total. The summed E-state index contributed by atoms with van der Waals surface area (Å²) in [6, 6.07) is 9.55. The summed E-state index contributed by atoms with van der Waals surface area (Å²) < 4.78 is 5.74. The zero-order valence-corrected chi connectivity index (χ0v) is 10.8. The molecule has 2 N–H and O–H groups in total. The maximum Gasteiger partial charge on any atom is 0.222 e. The summed E-state index contributed by atoms with van der Waals surface area (Å²) in [7, 11) is 0. The van der Waals surface area contributed by atoms with Crippen molar-refractivity contribution in [3.8, 4) is 0 Å². The Morgan fingerprint density at radius 1 is 1.32 bits per heavy atom. The van der Waals surface area contributed by atoms with Crippen molar-refractivity contribution in [3.05, 3.63) is 36.1 Å². The lowest BCUT2D eigenvalue weighted by molar-refractivity contribution is -0.133. The van der Waals surface area contributed by atoms with Crippen LogP contribution in [0.5, 0.6) is 0 Å². The van der Waals surface area contributed by atoms with Crippen LogP contribution in [0.15, 0.2) is 34.7 Å². The summed E-state index contributed by atoms with van der Waals surface area (Å²) in [4.78, 5) is 13.6. The van der Waals surface area contributed by atoms with E-state index in [0.29, 0.717) is 13.0 Å². The van der Waals surface area contributed by atoms with Crippen molar-refractivity contribution in [2.75, 3.05) is 13.1 Å². The molecule has 1 aliphatic rings. The first-order valence-corrected chi connectivity index (χ1v) is 6.76. The van der Waals surface area contributed by atoms with Crippen LogP contribution in [-0.2, 0) is 4.79 Å². The highest BCUT2D eigenvalue weighted by atomic mass is 16.3. The SMILES string of the molecule is NC(CN1CCCCC1=O)c1cc2ccccc2o1. The summed E-state index contributed by atoms with van der Waals surface area (Å²) in [5.74, 6) is 0.956. The monoisotopic (exact) mass is 258 g/mol. The quantitative estimate of drug-likeness (QED) is 0.920. The molecule has 4 heteroatoms. The van der Waals surface area contributed by atoms with Gasteiger partial charge in [0.1, 0.15) is 11.3 Å². The Labute approximate surface area is 112 Å². The van der Waals surface area contributed by atoms with Gasteiger partial charge in [-0.2, -0.15) is 0 Å². The Morgan fingerprint density at radius 2 is 2.16 bits per heavy atom. The Morgan fingerprint density at radius 3 is 2.95 bits per heavy atom. The number of carbonyl (C=O) groups is 1. The molecule has 100 valence electrons. The number of carbonyl (C=O) groups excluding carboxylic acids is 1. The highest BCUT2D eigenvalue weighted by Crippen LogP contribution is 2.24. The fourth-order valence-corrected chi connectivity index (χ4v) is 2.57. The first-order chi connectivity index (χ1) is 9.24. The largest absolute Gasteiger partial charge is 0.459 e. The molecule has 0 radical (unpaired) electrons. The Bertz CT molecular complexity index is 558. The molecule has 0 aliphatic carbocycles. The summed E-state index contributed by atoms with van der Waals surface area (Å²) in [6.45, 7) is 1.35. The average Bonchev–Trinajstić information content (AvgIpc) is 2.85. The molecule has 1 aromatic carbocycles. The highest BCUT2D eigenvalue weighted by molar-refractivity contribution is 5.78. The molecule has 1 unspecified atom stereocenters. The lowest BCUT2D eigenvalue weighted by Gasteiger charge is -2.28. The normalized spacial score (nSPS) is 17.9. The van der Waals surface area contributed by atoms with E-state index in [-0.39, 0.29) is 11.9 Å².